The minimum absolute atomic E-state index is 0.197. The molecule has 0 aliphatic heterocycles. The molecule has 0 amide bonds. The van der Waals surface area contributed by atoms with Crippen LogP contribution in [0.2, 0.25) is 0 Å². The molecule has 1 N–H and O–H groups in total. The summed E-state index contributed by atoms with van der Waals surface area (Å²) in [6, 6.07) is 5.61. The largest absolute Gasteiger partial charge is 0.313 e. The average molecular weight is 286 g/mol. The predicted molar refractivity (Wildman–Crippen MR) is 67.8 cm³/mol. The molecule has 88 valence electrons. The van der Waals surface area contributed by atoms with E-state index in [1.54, 1.807) is 0 Å². The van der Waals surface area contributed by atoms with Gasteiger partial charge in [0.05, 0.1) is 4.47 Å². The number of hydrogen-bond donors (Lipinski definition) is 1. The first-order valence-electron chi connectivity index (χ1n) is 5.75. The lowest BCUT2D eigenvalue weighted by molar-refractivity contribution is 0.368. The zero-order chi connectivity index (χ0) is 11.7. The van der Waals surface area contributed by atoms with Crippen molar-refractivity contribution in [2.24, 2.45) is 11.8 Å². The first-order chi connectivity index (χ1) is 7.63. The van der Waals surface area contributed by atoms with Crippen LogP contribution < -0.4 is 5.32 Å². The summed E-state index contributed by atoms with van der Waals surface area (Å²) in [6.07, 6.45) is 2.67. The number of rotatable bonds is 4. The maximum atomic E-state index is 13.2. The van der Waals surface area contributed by atoms with Crippen LogP contribution in [0.25, 0.3) is 0 Å². The highest BCUT2D eigenvalue weighted by molar-refractivity contribution is 9.10. The second-order valence-electron chi connectivity index (χ2n) is 4.64. The molecule has 1 aliphatic rings. The molecule has 0 spiro atoms. The highest BCUT2D eigenvalue weighted by atomic mass is 79.9. The van der Waals surface area contributed by atoms with Gasteiger partial charge in [0.15, 0.2) is 0 Å². The first-order valence-corrected chi connectivity index (χ1v) is 6.55. The molecule has 0 saturated heterocycles. The molecule has 1 aromatic carbocycles. The van der Waals surface area contributed by atoms with E-state index in [2.05, 4.69) is 28.2 Å². The van der Waals surface area contributed by atoms with Crippen LogP contribution >= 0.6 is 15.9 Å². The van der Waals surface area contributed by atoms with Gasteiger partial charge in [-0.15, -0.1) is 0 Å². The van der Waals surface area contributed by atoms with Gasteiger partial charge in [0.2, 0.25) is 0 Å². The van der Waals surface area contributed by atoms with E-state index in [1.807, 2.05) is 19.2 Å². The molecule has 0 radical (unpaired) electrons. The molecule has 3 heteroatoms. The zero-order valence-electron chi connectivity index (χ0n) is 9.63. The monoisotopic (exact) mass is 285 g/mol. The Morgan fingerprint density at radius 2 is 2.12 bits per heavy atom. The van der Waals surface area contributed by atoms with Crippen molar-refractivity contribution in [3.8, 4) is 0 Å². The molecule has 1 fully saturated rings. The SMILES string of the molecule is CNC(c1ccc(F)c(Br)c1)C(C)C1CC1. The fourth-order valence-electron chi connectivity index (χ4n) is 2.33. The summed E-state index contributed by atoms with van der Waals surface area (Å²) in [5.41, 5.74) is 1.16. The fourth-order valence-corrected chi connectivity index (χ4v) is 2.73. The maximum absolute atomic E-state index is 13.2. The molecule has 16 heavy (non-hydrogen) atoms. The Kier molecular flexibility index (Phi) is 3.65. The summed E-state index contributed by atoms with van der Waals surface area (Å²) in [6.45, 7) is 2.27. The van der Waals surface area contributed by atoms with E-state index in [1.165, 1.54) is 18.9 Å². The lowest BCUT2D eigenvalue weighted by Crippen LogP contribution is -2.24. The number of nitrogens with one attached hydrogen (secondary N) is 1. The molecule has 0 bridgehead atoms. The molecular weight excluding hydrogens is 269 g/mol. The molecule has 2 unspecified atom stereocenters. The predicted octanol–water partition coefficient (Wildman–Crippen LogP) is 3.89. The van der Waals surface area contributed by atoms with Gasteiger partial charge in [0.25, 0.3) is 0 Å². The van der Waals surface area contributed by atoms with Crippen molar-refractivity contribution < 1.29 is 4.39 Å². The van der Waals surface area contributed by atoms with E-state index in [0.29, 0.717) is 16.4 Å². The summed E-state index contributed by atoms with van der Waals surface area (Å²) < 4.78 is 13.7. The van der Waals surface area contributed by atoms with Crippen LogP contribution in [-0.2, 0) is 0 Å². The van der Waals surface area contributed by atoms with E-state index in [0.717, 1.165) is 11.5 Å². The van der Waals surface area contributed by atoms with Gasteiger partial charge in [0.1, 0.15) is 5.82 Å². The van der Waals surface area contributed by atoms with Gasteiger partial charge in [0, 0.05) is 6.04 Å². The lowest BCUT2D eigenvalue weighted by atomic mass is 9.91. The van der Waals surface area contributed by atoms with Gasteiger partial charge < -0.3 is 5.32 Å². The molecule has 0 heterocycles. The van der Waals surface area contributed by atoms with Gasteiger partial charge in [-0.25, -0.2) is 4.39 Å². The van der Waals surface area contributed by atoms with Gasteiger partial charge in [-0.1, -0.05) is 13.0 Å². The summed E-state index contributed by atoms with van der Waals surface area (Å²) >= 11 is 3.24. The second kappa shape index (κ2) is 4.84. The molecule has 1 aromatic rings. The molecule has 1 saturated carbocycles. The quantitative estimate of drug-likeness (QED) is 0.885. The van der Waals surface area contributed by atoms with Crippen molar-refractivity contribution in [1.29, 1.82) is 0 Å². The van der Waals surface area contributed by atoms with E-state index in [9.17, 15) is 4.39 Å². The van der Waals surface area contributed by atoms with E-state index >= 15 is 0 Å². The van der Waals surface area contributed by atoms with Crippen LogP contribution in [0.15, 0.2) is 22.7 Å². The number of benzene rings is 1. The molecule has 2 rings (SSSR count). The third-order valence-electron chi connectivity index (χ3n) is 3.51. The maximum Gasteiger partial charge on any atom is 0.137 e. The van der Waals surface area contributed by atoms with Crippen LogP contribution in [-0.4, -0.2) is 7.05 Å². The van der Waals surface area contributed by atoms with Crippen molar-refractivity contribution in [2.45, 2.75) is 25.8 Å². The van der Waals surface area contributed by atoms with Crippen molar-refractivity contribution >= 4 is 15.9 Å². The lowest BCUT2D eigenvalue weighted by Gasteiger charge is -2.24. The van der Waals surface area contributed by atoms with Gasteiger partial charge in [-0.05, 0) is 65.4 Å². The Morgan fingerprint density at radius 3 is 2.62 bits per heavy atom. The van der Waals surface area contributed by atoms with Crippen molar-refractivity contribution in [3.63, 3.8) is 0 Å². The first kappa shape index (κ1) is 12.1. The van der Waals surface area contributed by atoms with Crippen LogP contribution in [0.3, 0.4) is 0 Å². The highest BCUT2D eigenvalue weighted by Gasteiger charge is 2.33. The molecule has 0 aromatic heterocycles. The summed E-state index contributed by atoms with van der Waals surface area (Å²) in [4.78, 5) is 0. The van der Waals surface area contributed by atoms with Crippen LogP contribution in [0.4, 0.5) is 4.39 Å². The van der Waals surface area contributed by atoms with Gasteiger partial charge in [-0.3, -0.25) is 0 Å². The van der Waals surface area contributed by atoms with E-state index < -0.39 is 0 Å². The Morgan fingerprint density at radius 1 is 1.44 bits per heavy atom. The van der Waals surface area contributed by atoms with Crippen molar-refractivity contribution in [3.05, 3.63) is 34.1 Å². The number of halogens is 2. The number of hydrogen-bond acceptors (Lipinski definition) is 1. The molecule has 2 atom stereocenters. The third kappa shape index (κ3) is 2.46. The average Bonchev–Trinajstić information content (AvgIpc) is 3.07. The van der Waals surface area contributed by atoms with E-state index in [4.69, 9.17) is 0 Å². The minimum atomic E-state index is -0.197. The fraction of sp³-hybridized carbons (Fsp3) is 0.538. The Balaban J connectivity index is 2.21. The molecule has 1 nitrogen and oxygen atoms in total. The Bertz CT molecular complexity index is 376. The van der Waals surface area contributed by atoms with Crippen molar-refractivity contribution in [1.82, 2.24) is 5.32 Å². The smallest absolute Gasteiger partial charge is 0.137 e. The summed E-state index contributed by atoms with van der Waals surface area (Å²) in [5, 5.41) is 3.34. The normalized spacial score (nSPS) is 19.5. The third-order valence-corrected chi connectivity index (χ3v) is 4.11. The summed E-state index contributed by atoms with van der Waals surface area (Å²) in [5.74, 6) is 1.25. The van der Waals surface area contributed by atoms with Gasteiger partial charge in [-0.2, -0.15) is 0 Å². The van der Waals surface area contributed by atoms with Crippen LogP contribution in [0, 0.1) is 17.7 Å². The van der Waals surface area contributed by atoms with E-state index in [-0.39, 0.29) is 5.82 Å². The zero-order valence-corrected chi connectivity index (χ0v) is 11.2. The van der Waals surface area contributed by atoms with Crippen LogP contribution in [0.5, 0.6) is 0 Å². The topological polar surface area (TPSA) is 12.0 Å². The Labute approximate surface area is 105 Å². The summed E-state index contributed by atoms with van der Waals surface area (Å²) in [7, 11) is 1.97. The van der Waals surface area contributed by atoms with Gasteiger partial charge >= 0.3 is 0 Å². The molecular formula is C13H17BrFN. The molecule has 1 aliphatic carbocycles. The van der Waals surface area contributed by atoms with Crippen molar-refractivity contribution in [2.75, 3.05) is 7.05 Å². The highest BCUT2D eigenvalue weighted by Crippen LogP contribution is 2.42. The minimum Gasteiger partial charge on any atom is -0.313 e. The second-order valence-corrected chi connectivity index (χ2v) is 5.49. The Hall–Kier alpha value is -0.410. The van der Waals surface area contributed by atoms with Crippen LogP contribution in [0.1, 0.15) is 31.4 Å². The standard InChI is InChI=1S/C13H17BrFN/c1-8(9-3-4-9)13(16-2)10-5-6-12(15)11(14)7-10/h5-9,13,16H,3-4H2,1-2H3.